The zero-order valence-corrected chi connectivity index (χ0v) is 9.63. The van der Waals surface area contributed by atoms with Crippen LogP contribution in [0.3, 0.4) is 0 Å². The lowest BCUT2D eigenvalue weighted by atomic mass is 10.1. The summed E-state index contributed by atoms with van der Waals surface area (Å²) in [6.07, 6.45) is 4.76. The topological polar surface area (TPSA) is 42.1 Å². The predicted octanol–water partition coefficient (Wildman–Crippen LogP) is 2.23. The number of anilines is 2. The minimum atomic E-state index is 0.883. The number of hydrogen-bond acceptors (Lipinski definition) is 3. The minimum Gasteiger partial charge on any atom is -0.397 e. The maximum Gasteiger partial charge on any atom is 0.0636 e. The fourth-order valence-corrected chi connectivity index (χ4v) is 2.43. The Labute approximate surface area is 101 Å². The van der Waals surface area contributed by atoms with Crippen LogP contribution >= 0.6 is 0 Å². The highest BCUT2D eigenvalue weighted by Gasteiger charge is 2.20. The fourth-order valence-electron chi connectivity index (χ4n) is 2.43. The lowest BCUT2D eigenvalue weighted by Crippen LogP contribution is -2.20. The molecule has 2 N–H and O–H groups in total. The second kappa shape index (κ2) is 4.09. The first-order valence-corrected chi connectivity index (χ1v) is 5.86. The molecule has 0 radical (unpaired) electrons. The molecule has 1 aliphatic heterocycles. The van der Waals surface area contributed by atoms with Crippen molar-refractivity contribution in [3.8, 4) is 0 Å². The van der Waals surface area contributed by atoms with Gasteiger partial charge in [0, 0.05) is 25.5 Å². The van der Waals surface area contributed by atoms with Crippen LogP contribution in [0.5, 0.6) is 0 Å². The van der Waals surface area contributed by atoms with Crippen LogP contribution in [0, 0.1) is 0 Å². The van der Waals surface area contributed by atoms with Crippen molar-refractivity contribution in [1.29, 1.82) is 0 Å². The van der Waals surface area contributed by atoms with E-state index in [2.05, 4.69) is 28.1 Å². The first kappa shape index (κ1) is 10.1. The Morgan fingerprint density at radius 2 is 2.00 bits per heavy atom. The second-order valence-electron chi connectivity index (χ2n) is 4.38. The molecule has 17 heavy (non-hydrogen) atoms. The molecule has 0 saturated carbocycles. The van der Waals surface area contributed by atoms with Crippen LogP contribution in [-0.4, -0.2) is 11.5 Å². The van der Waals surface area contributed by atoms with Crippen LogP contribution < -0.4 is 10.6 Å². The van der Waals surface area contributed by atoms with Gasteiger partial charge in [-0.05, 0) is 35.7 Å². The molecule has 0 amide bonds. The Morgan fingerprint density at radius 1 is 1.18 bits per heavy atom. The SMILES string of the molecule is Nc1cccc2c1N(Cc1ccncc1)CC2. The number of hydrogen-bond donors (Lipinski definition) is 1. The van der Waals surface area contributed by atoms with Crippen molar-refractivity contribution in [1.82, 2.24) is 4.98 Å². The molecule has 0 fully saturated rings. The largest absolute Gasteiger partial charge is 0.397 e. The molecule has 0 atom stereocenters. The molecular formula is C14H15N3. The normalized spacial score (nSPS) is 13.8. The van der Waals surface area contributed by atoms with E-state index in [1.54, 1.807) is 0 Å². The van der Waals surface area contributed by atoms with Crippen LogP contribution in [0.4, 0.5) is 11.4 Å². The Bertz CT molecular complexity index is 522. The zero-order valence-electron chi connectivity index (χ0n) is 9.63. The van der Waals surface area contributed by atoms with Gasteiger partial charge in [-0.1, -0.05) is 12.1 Å². The molecule has 0 unspecified atom stereocenters. The van der Waals surface area contributed by atoms with E-state index in [9.17, 15) is 0 Å². The number of aromatic nitrogens is 1. The minimum absolute atomic E-state index is 0.883. The zero-order chi connectivity index (χ0) is 11.7. The first-order valence-electron chi connectivity index (χ1n) is 5.86. The maximum atomic E-state index is 6.06. The smallest absolute Gasteiger partial charge is 0.0636 e. The van der Waals surface area contributed by atoms with Gasteiger partial charge in [0.2, 0.25) is 0 Å². The number of fused-ring (bicyclic) bond motifs is 1. The number of benzene rings is 1. The highest BCUT2D eigenvalue weighted by Crippen LogP contribution is 2.34. The van der Waals surface area contributed by atoms with Gasteiger partial charge in [-0.25, -0.2) is 0 Å². The first-order chi connectivity index (χ1) is 8.34. The van der Waals surface area contributed by atoms with Crippen LogP contribution in [0.1, 0.15) is 11.1 Å². The highest BCUT2D eigenvalue weighted by atomic mass is 15.2. The Kier molecular flexibility index (Phi) is 2.44. The van der Waals surface area contributed by atoms with Crippen LogP contribution in [0.2, 0.25) is 0 Å². The number of nitrogens with zero attached hydrogens (tertiary/aromatic N) is 2. The van der Waals surface area contributed by atoms with Crippen molar-refractivity contribution in [2.75, 3.05) is 17.2 Å². The molecule has 3 rings (SSSR count). The van der Waals surface area contributed by atoms with Gasteiger partial charge in [-0.2, -0.15) is 0 Å². The predicted molar refractivity (Wildman–Crippen MR) is 69.8 cm³/mol. The van der Waals surface area contributed by atoms with Crippen molar-refractivity contribution in [3.63, 3.8) is 0 Å². The van der Waals surface area contributed by atoms with Gasteiger partial charge < -0.3 is 10.6 Å². The summed E-state index contributed by atoms with van der Waals surface area (Å²) in [6, 6.07) is 10.3. The van der Waals surface area contributed by atoms with Crippen LogP contribution in [0.25, 0.3) is 0 Å². The van der Waals surface area contributed by atoms with Crippen molar-refractivity contribution >= 4 is 11.4 Å². The Balaban J connectivity index is 1.89. The molecule has 0 aliphatic carbocycles. The van der Waals surface area contributed by atoms with Crippen molar-refractivity contribution in [2.24, 2.45) is 0 Å². The summed E-state index contributed by atoms with van der Waals surface area (Å²) < 4.78 is 0. The molecule has 2 heterocycles. The van der Waals surface area contributed by atoms with E-state index >= 15 is 0 Å². The van der Waals surface area contributed by atoms with Gasteiger partial charge in [0.15, 0.2) is 0 Å². The molecule has 2 aromatic rings. The Hall–Kier alpha value is -2.03. The molecule has 0 saturated heterocycles. The average Bonchev–Trinajstić information content (AvgIpc) is 2.75. The number of para-hydroxylation sites is 1. The second-order valence-corrected chi connectivity index (χ2v) is 4.38. The molecule has 86 valence electrons. The van der Waals surface area contributed by atoms with Gasteiger partial charge in [0.05, 0.1) is 11.4 Å². The molecule has 0 spiro atoms. The van der Waals surface area contributed by atoms with E-state index in [0.717, 1.165) is 25.2 Å². The summed E-state index contributed by atoms with van der Waals surface area (Å²) in [4.78, 5) is 6.39. The number of nitrogen functional groups attached to an aromatic ring is 1. The van der Waals surface area contributed by atoms with Gasteiger partial charge in [-0.15, -0.1) is 0 Å². The quantitative estimate of drug-likeness (QED) is 0.797. The monoisotopic (exact) mass is 225 g/mol. The molecule has 1 aromatic carbocycles. The van der Waals surface area contributed by atoms with Crippen molar-refractivity contribution < 1.29 is 0 Å². The van der Waals surface area contributed by atoms with Gasteiger partial charge in [-0.3, -0.25) is 4.98 Å². The summed E-state index contributed by atoms with van der Waals surface area (Å²) in [6.45, 7) is 1.95. The third-order valence-corrected chi connectivity index (χ3v) is 3.24. The van der Waals surface area contributed by atoms with Crippen LogP contribution in [0.15, 0.2) is 42.7 Å². The number of nitrogens with two attached hydrogens (primary N) is 1. The third-order valence-electron chi connectivity index (χ3n) is 3.24. The molecule has 1 aliphatic rings. The average molecular weight is 225 g/mol. The summed E-state index contributed by atoms with van der Waals surface area (Å²) in [5.74, 6) is 0. The lowest BCUT2D eigenvalue weighted by Gasteiger charge is -2.20. The number of pyridine rings is 1. The van der Waals surface area contributed by atoms with Crippen molar-refractivity contribution in [2.45, 2.75) is 13.0 Å². The molecule has 0 bridgehead atoms. The molecular weight excluding hydrogens is 210 g/mol. The maximum absolute atomic E-state index is 6.06. The third kappa shape index (κ3) is 1.84. The number of rotatable bonds is 2. The summed E-state index contributed by atoms with van der Waals surface area (Å²) in [5.41, 5.74) is 10.8. The summed E-state index contributed by atoms with van der Waals surface area (Å²) in [5, 5.41) is 0. The summed E-state index contributed by atoms with van der Waals surface area (Å²) in [7, 11) is 0. The van der Waals surface area contributed by atoms with Gasteiger partial charge in [0.1, 0.15) is 0 Å². The van der Waals surface area contributed by atoms with E-state index in [4.69, 9.17) is 5.73 Å². The standard InChI is InChI=1S/C14H15N3/c15-13-3-1-2-12-6-9-17(14(12)13)10-11-4-7-16-8-5-11/h1-5,7-8H,6,9-10,15H2. The fraction of sp³-hybridized carbons (Fsp3) is 0.214. The van der Waals surface area contributed by atoms with E-state index in [1.807, 2.05) is 24.5 Å². The molecule has 1 aromatic heterocycles. The summed E-state index contributed by atoms with van der Waals surface area (Å²) >= 11 is 0. The lowest BCUT2D eigenvalue weighted by molar-refractivity contribution is 0.835. The van der Waals surface area contributed by atoms with Crippen LogP contribution in [-0.2, 0) is 13.0 Å². The highest BCUT2D eigenvalue weighted by molar-refractivity contribution is 5.74. The van der Waals surface area contributed by atoms with Gasteiger partial charge in [0.25, 0.3) is 0 Å². The van der Waals surface area contributed by atoms with Crippen molar-refractivity contribution in [3.05, 3.63) is 53.9 Å². The van der Waals surface area contributed by atoms with E-state index < -0.39 is 0 Å². The molecule has 3 heteroatoms. The molecule has 3 nitrogen and oxygen atoms in total. The van der Waals surface area contributed by atoms with E-state index in [1.165, 1.54) is 16.8 Å². The van der Waals surface area contributed by atoms with E-state index in [-0.39, 0.29) is 0 Å². The van der Waals surface area contributed by atoms with Gasteiger partial charge >= 0.3 is 0 Å². The van der Waals surface area contributed by atoms with E-state index in [0.29, 0.717) is 0 Å². The Morgan fingerprint density at radius 3 is 2.82 bits per heavy atom.